The second-order valence-electron chi connectivity index (χ2n) is 3.15. The first-order valence-electron chi connectivity index (χ1n) is 5.39. The summed E-state index contributed by atoms with van der Waals surface area (Å²) in [6, 6.07) is 0. The van der Waals surface area contributed by atoms with Gasteiger partial charge >= 0.3 is 12.1 Å². The molecule has 0 aliphatic carbocycles. The molecule has 0 saturated heterocycles. The first-order valence-corrected chi connectivity index (χ1v) is 5.39. The number of carbonyl (C=O) groups is 2. The molecule has 0 heterocycles. The van der Waals surface area contributed by atoms with Crippen LogP contribution in [0.4, 0.5) is 4.79 Å². The van der Waals surface area contributed by atoms with Crippen molar-refractivity contribution in [3.05, 3.63) is 11.1 Å². The van der Waals surface area contributed by atoms with E-state index >= 15 is 0 Å². The van der Waals surface area contributed by atoms with E-state index in [0.29, 0.717) is 5.57 Å². The van der Waals surface area contributed by atoms with Gasteiger partial charge in [0.2, 0.25) is 0 Å². The first kappa shape index (κ1) is 14.5. The lowest BCUT2D eigenvalue weighted by Gasteiger charge is -2.08. The maximum Gasteiger partial charge on any atom is 0.440 e. The van der Waals surface area contributed by atoms with Gasteiger partial charge in [0.05, 0.1) is 6.61 Å². The molecule has 0 aliphatic heterocycles. The van der Waals surface area contributed by atoms with Crippen molar-refractivity contribution in [3.63, 3.8) is 0 Å². The van der Waals surface area contributed by atoms with E-state index in [2.05, 4.69) is 9.57 Å². The minimum atomic E-state index is -0.766. The summed E-state index contributed by atoms with van der Waals surface area (Å²) in [5.74, 6) is -0.549. The molecule has 0 saturated carbocycles. The number of hydrogen-bond donors (Lipinski definition) is 1. The zero-order valence-corrected chi connectivity index (χ0v) is 10.3. The Morgan fingerprint density at radius 2 is 1.69 bits per heavy atom. The maximum absolute atomic E-state index is 11.5. The highest BCUT2D eigenvalue weighted by Gasteiger charge is 2.12. The third-order valence-corrected chi connectivity index (χ3v) is 2.19. The summed E-state index contributed by atoms with van der Waals surface area (Å²) in [5, 5.41) is 0. The van der Waals surface area contributed by atoms with Gasteiger partial charge in [0, 0.05) is 5.57 Å². The zero-order chi connectivity index (χ0) is 12.6. The van der Waals surface area contributed by atoms with Gasteiger partial charge < -0.3 is 9.57 Å². The molecule has 5 nitrogen and oxygen atoms in total. The van der Waals surface area contributed by atoms with Crippen LogP contribution in [0.5, 0.6) is 0 Å². The Morgan fingerprint density at radius 3 is 2.12 bits per heavy atom. The summed E-state index contributed by atoms with van der Waals surface area (Å²) < 4.78 is 4.54. The van der Waals surface area contributed by atoms with Crippen molar-refractivity contribution >= 4 is 12.1 Å². The van der Waals surface area contributed by atoms with E-state index in [1.807, 2.05) is 19.3 Å². The van der Waals surface area contributed by atoms with Gasteiger partial charge in [-0.25, -0.2) is 9.59 Å². The van der Waals surface area contributed by atoms with Crippen molar-refractivity contribution in [3.8, 4) is 0 Å². The molecule has 92 valence electrons. The molecule has 0 radical (unpaired) electrons. The zero-order valence-electron chi connectivity index (χ0n) is 10.3. The summed E-state index contributed by atoms with van der Waals surface area (Å²) in [6.45, 7) is 7.51. The molecule has 0 aromatic heterocycles. The number of allylic oxidation sites excluding steroid dienone is 1. The quantitative estimate of drug-likeness (QED) is 0.593. The van der Waals surface area contributed by atoms with Crippen LogP contribution >= 0.6 is 0 Å². The standard InChI is InChI=1S/C11H19NO4/c1-5-9(6-2)8(4)10(13)16-12-11(14)15-7-3/h5-7H2,1-4H3,(H,12,14). The fourth-order valence-corrected chi connectivity index (χ4v) is 1.25. The molecule has 5 heteroatoms. The fraction of sp³-hybridized carbons (Fsp3) is 0.636. The van der Waals surface area contributed by atoms with Gasteiger partial charge in [0.25, 0.3) is 0 Å². The highest BCUT2D eigenvalue weighted by Crippen LogP contribution is 2.13. The average molecular weight is 229 g/mol. The number of ether oxygens (including phenoxy) is 1. The van der Waals surface area contributed by atoms with Gasteiger partial charge in [-0.15, -0.1) is 5.48 Å². The van der Waals surface area contributed by atoms with Crippen molar-refractivity contribution in [2.75, 3.05) is 6.61 Å². The number of rotatable bonds is 4. The van der Waals surface area contributed by atoms with E-state index in [1.165, 1.54) is 0 Å². The van der Waals surface area contributed by atoms with Crippen molar-refractivity contribution in [1.29, 1.82) is 0 Å². The Morgan fingerprint density at radius 1 is 1.12 bits per heavy atom. The number of nitrogens with one attached hydrogen (secondary N) is 1. The second-order valence-corrected chi connectivity index (χ2v) is 3.15. The molecule has 0 aromatic carbocycles. The monoisotopic (exact) mass is 229 g/mol. The molecule has 0 spiro atoms. The van der Waals surface area contributed by atoms with E-state index in [9.17, 15) is 9.59 Å². The Labute approximate surface area is 95.8 Å². The molecule has 16 heavy (non-hydrogen) atoms. The number of amides is 1. The SMILES string of the molecule is CCOC(=O)NOC(=O)C(C)=C(CC)CC. The van der Waals surface area contributed by atoms with Crippen molar-refractivity contribution in [1.82, 2.24) is 5.48 Å². The van der Waals surface area contributed by atoms with Gasteiger partial charge in [-0.1, -0.05) is 19.4 Å². The summed E-state index contributed by atoms with van der Waals surface area (Å²) >= 11 is 0. The molecule has 1 N–H and O–H groups in total. The molecule has 0 aromatic rings. The van der Waals surface area contributed by atoms with Crippen molar-refractivity contribution in [2.24, 2.45) is 0 Å². The van der Waals surface area contributed by atoms with Crippen LogP contribution in [0.1, 0.15) is 40.5 Å². The third-order valence-electron chi connectivity index (χ3n) is 2.19. The molecule has 0 aliphatic rings. The Bertz CT molecular complexity index is 278. The highest BCUT2D eigenvalue weighted by molar-refractivity contribution is 5.89. The molecule has 0 rings (SSSR count). The number of hydroxylamine groups is 1. The smallest absolute Gasteiger partial charge is 0.440 e. The molecule has 0 atom stereocenters. The van der Waals surface area contributed by atoms with Crippen molar-refractivity contribution in [2.45, 2.75) is 40.5 Å². The van der Waals surface area contributed by atoms with Crippen LogP contribution in [0, 0.1) is 0 Å². The van der Waals surface area contributed by atoms with Gasteiger partial charge in [-0.05, 0) is 26.7 Å². The van der Waals surface area contributed by atoms with E-state index in [4.69, 9.17) is 0 Å². The molecular weight excluding hydrogens is 210 g/mol. The maximum atomic E-state index is 11.5. The summed E-state index contributed by atoms with van der Waals surface area (Å²) in [5.41, 5.74) is 3.46. The normalized spacial score (nSPS) is 9.25. The Hall–Kier alpha value is -1.52. The lowest BCUT2D eigenvalue weighted by molar-refractivity contribution is -0.145. The van der Waals surface area contributed by atoms with Crippen LogP contribution in [0.15, 0.2) is 11.1 Å². The van der Waals surface area contributed by atoms with Crippen LogP contribution in [0.2, 0.25) is 0 Å². The van der Waals surface area contributed by atoms with Crippen LogP contribution in [0.25, 0.3) is 0 Å². The lowest BCUT2D eigenvalue weighted by Crippen LogP contribution is -2.28. The lowest BCUT2D eigenvalue weighted by atomic mass is 10.1. The van der Waals surface area contributed by atoms with E-state index < -0.39 is 12.1 Å². The van der Waals surface area contributed by atoms with E-state index in [1.54, 1.807) is 13.8 Å². The molecule has 0 fully saturated rings. The number of hydrogen-bond acceptors (Lipinski definition) is 4. The topological polar surface area (TPSA) is 64.6 Å². The molecule has 0 bridgehead atoms. The summed E-state index contributed by atoms with van der Waals surface area (Å²) in [7, 11) is 0. The predicted octanol–water partition coefficient (Wildman–Crippen LogP) is 2.33. The second kappa shape index (κ2) is 7.73. The molecule has 0 unspecified atom stereocenters. The highest BCUT2D eigenvalue weighted by atomic mass is 16.7. The fourth-order valence-electron chi connectivity index (χ4n) is 1.25. The first-order chi connectivity index (χ1) is 7.56. The third kappa shape index (κ3) is 4.82. The van der Waals surface area contributed by atoms with Crippen molar-refractivity contribution < 1.29 is 19.2 Å². The van der Waals surface area contributed by atoms with E-state index in [-0.39, 0.29) is 6.61 Å². The minimum absolute atomic E-state index is 0.230. The van der Waals surface area contributed by atoms with Gasteiger partial charge in [-0.2, -0.15) is 0 Å². The molecule has 1 amide bonds. The van der Waals surface area contributed by atoms with Crippen LogP contribution < -0.4 is 5.48 Å². The minimum Gasteiger partial charge on any atom is -0.448 e. The van der Waals surface area contributed by atoms with Crippen LogP contribution in [0.3, 0.4) is 0 Å². The summed E-state index contributed by atoms with van der Waals surface area (Å²) in [6.07, 6.45) is 0.812. The molecular formula is C11H19NO4. The Balaban J connectivity index is 4.26. The van der Waals surface area contributed by atoms with E-state index in [0.717, 1.165) is 18.4 Å². The average Bonchev–Trinajstić information content (AvgIpc) is 2.27. The number of carbonyl (C=O) groups excluding carboxylic acids is 2. The Kier molecular flexibility index (Phi) is 7.00. The summed E-state index contributed by atoms with van der Waals surface area (Å²) in [4.78, 5) is 26.9. The van der Waals surface area contributed by atoms with Gasteiger partial charge in [0.1, 0.15) is 0 Å². The van der Waals surface area contributed by atoms with Gasteiger partial charge in [-0.3, -0.25) is 0 Å². The van der Waals surface area contributed by atoms with Crippen LogP contribution in [-0.4, -0.2) is 18.7 Å². The predicted molar refractivity (Wildman–Crippen MR) is 59.5 cm³/mol. The largest absolute Gasteiger partial charge is 0.448 e. The van der Waals surface area contributed by atoms with Gasteiger partial charge in [0.15, 0.2) is 0 Å². The van der Waals surface area contributed by atoms with Crippen LogP contribution in [-0.2, 0) is 14.4 Å².